The van der Waals surface area contributed by atoms with Crippen LogP contribution in [-0.2, 0) is 14.3 Å². The molecular weight excluding hydrogens is 374 g/mol. The molecule has 1 aliphatic rings. The summed E-state index contributed by atoms with van der Waals surface area (Å²) in [5.41, 5.74) is 5.06. The Bertz CT molecular complexity index is 853. The first-order chi connectivity index (χ1) is 13.0. The van der Waals surface area contributed by atoms with Crippen molar-refractivity contribution < 1.29 is 14.3 Å². The Morgan fingerprint density at radius 2 is 2.04 bits per heavy atom. The predicted molar refractivity (Wildman–Crippen MR) is 111 cm³/mol. The number of carbonyl (C=O) groups is 2. The molecule has 1 aromatic carbocycles. The number of nitrogens with two attached hydrogens (primary N) is 1. The first-order valence-corrected chi connectivity index (χ1v) is 10.5. The Kier molecular flexibility index (Phi) is 5.51. The summed E-state index contributed by atoms with van der Waals surface area (Å²) < 4.78 is 6.77. The van der Waals surface area contributed by atoms with Crippen molar-refractivity contribution in [2.75, 3.05) is 0 Å². The summed E-state index contributed by atoms with van der Waals surface area (Å²) in [4.78, 5) is 30.2. The lowest BCUT2D eigenvalue weighted by Gasteiger charge is -2.33. The van der Waals surface area contributed by atoms with Gasteiger partial charge in [-0.2, -0.15) is 0 Å². The fourth-order valence-corrected chi connectivity index (χ4v) is 5.00. The molecule has 1 amide bonds. The largest absolute Gasteiger partial charge is 0.459 e. The molecule has 0 unspecified atom stereocenters. The molecule has 6 nitrogen and oxygen atoms in total. The average molecular weight is 404 g/mol. The van der Waals surface area contributed by atoms with E-state index in [1.165, 1.54) is 11.3 Å². The highest BCUT2D eigenvalue weighted by Gasteiger charge is 2.54. The summed E-state index contributed by atoms with van der Waals surface area (Å²) in [5.74, 6) is -1.04. The number of nitrogens with zero attached hydrogens (tertiary/aromatic N) is 1. The Labute approximate surface area is 169 Å². The van der Waals surface area contributed by atoms with Gasteiger partial charge in [0.15, 0.2) is 0 Å². The minimum Gasteiger partial charge on any atom is -0.459 e. The number of amides is 1. The molecule has 0 saturated carbocycles. The highest BCUT2D eigenvalue weighted by Crippen LogP contribution is 2.44. The zero-order valence-electron chi connectivity index (χ0n) is 17.1. The summed E-state index contributed by atoms with van der Waals surface area (Å²) in [6.45, 7) is 9.65. The van der Waals surface area contributed by atoms with Crippen molar-refractivity contribution in [3.8, 4) is 0 Å². The summed E-state index contributed by atoms with van der Waals surface area (Å²) >= 11 is 1.53. The third-order valence-corrected chi connectivity index (χ3v) is 6.01. The number of primary amides is 1. The van der Waals surface area contributed by atoms with Crippen molar-refractivity contribution >= 4 is 33.4 Å². The second-order valence-electron chi connectivity index (χ2n) is 9.04. The van der Waals surface area contributed by atoms with Crippen LogP contribution in [0, 0.1) is 11.8 Å². The predicted octanol–water partition coefficient (Wildman–Crippen LogP) is 3.56. The monoisotopic (exact) mass is 403 g/mol. The molecule has 0 spiro atoms. The van der Waals surface area contributed by atoms with Crippen molar-refractivity contribution in [2.45, 2.75) is 64.6 Å². The van der Waals surface area contributed by atoms with Crippen molar-refractivity contribution in [1.29, 1.82) is 0 Å². The molecule has 1 saturated heterocycles. The SMILES string of the molecule is CC(C)C[C@@]1(C(=O)OC(C)(C)C)C[C@H](C(N)=O)[C@H](c2nc3ccccc3s2)N1. The lowest BCUT2D eigenvalue weighted by atomic mass is 9.84. The molecule has 2 heterocycles. The van der Waals surface area contributed by atoms with Crippen LogP contribution in [0.15, 0.2) is 24.3 Å². The van der Waals surface area contributed by atoms with E-state index in [1.54, 1.807) is 0 Å². The number of carbonyl (C=O) groups excluding carboxylic acids is 2. The van der Waals surface area contributed by atoms with Gasteiger partial charge in [-0.3, -0.25) is 14.9 Å². The Morgan fingerprint density at radius 3 is 2.61 bits per heavy atom. The minimum absolute atomic E-state index is 0.239. The van der Waals surface area contributed by atoms with Crippen LogP contribution < -0.4 is 11.1 Å². The summed E-state index contributed by atoms with van der Waals surface area (Å²) in [6.07, 6.45) is 0.878. The third-order valence-electron chi connectivity index (χ3n) is 4.89. The van der Waals surface area contributed by atoms with Gasteiger partial charge in [-0.15, -0.1) is 11.3 Å². The number of esters is 1. The number of ether oxygens (including phenoxy) is 1. The van der Waals surface area contributed by atoms with E-state index in [-0.39, 0.29) is 11.9 Å². The average Bonchev–Trinajstić information content (AvgIpc) is 3.14. The van der Waals surface area contributed by atoms with Crippen LogP contribution in [0.3, 0.4) is 0 Å². The van der Waals surface area contributed by atoms with Gasteiger partial charge >= 0.3 is 5.97 Å². The molecule has 0 bridgehead atoms. The fraction of sp³-hybridized carbons (Fsp3) is 0.571. The number of hydrogen-bond acceptors (Lipinski definition) is 6. The molecule has 1 aromatic heterocycles. The zero-order chi connectivity index (χ0) is 20.7. The third kappa shape index (κ3) is 4.20. The molecule has 2 aromatic rings. The molecule has 152 valence electrons. The Balaban J connectivity index is 2.00. The van der Waals surface area contributed by atoms with E-state index in [2.05, 4.69) is 19.2 Å². The van der Waals surface area contributed by atoms with Crippen molar-refractivity contribution in [1.82, 2.24) is 10.3 Å². The molecule has 28 heavy (non-hydrogen) atoms. The first-order valence-electron chi connectivity index (χ1n) is 9.67. The lowest BCUT2D eigenvalue weighted by Crippen LogP contribution is -2.52. The number of rotatable bonds is 5. The second kappa shape index (κ2) is 7.44. The fourth-order valence-electron chi connectivity index (χ4n) is 3.91. The Morgan fingerprint density at radius 1 is 1.36 bits per heavy atom. The van der Waals surface area contributed by atoms with E-state index in [1.807, 2.05) is 45.0 Å². The van der Waals surface area contributed by atoms with Crippen LogP contribution in [0.2, 0.25) is 0 Å². The maximum absolute atomic E-state index is 13.2. The van der Waals surface area contributed by atoms with Gasteiger partial charge in [-0.25, -0.2) is 4.98 Å². The smallest absolute Gasteiger partial charge is 0.326 e. The molecule has 7 heteroatoms. The number of hydrogen-bond donors (Lipinski definition) is 2. The number of benzene rings is 1. The first kappa shape index (κ1) is 20.7. The van der Waals surface area contributed by atoms with Gasteiger partial charge < -0.3 is 10.5 Å². The molecule has 1 aliphatic heterocycles. The van der Waals surface area contributed by atoms with Gasteiger partial charge in [0, 0.05) is 0 Å². The molecule has 3 atom stereocenters. The summed E-state index contributed by atoms with van der Waals surface area (Å²) in [5, 5.41) is 4.22. The quantitative estimate of drug-likeness (QED) is 0.745. The highest BCUT2D eigenvalue weighted by molar-refractivity contribution is 7.18. The van der Waals surface area contributed by atoms with Gasteiger partial charge in [0.25, 0.3) is 0 Å². The zero-order valence-corrected chi connectivity index (χ0v) is 17.9. The summed E-state index contributed by atoms with van der Waals surface area (Å²) in [6, 6.07) is 7.44. The molecule has 1 fully saturated rings. The number of nitrogens with one attached hydrogen (secondary N) is 1. The van der Waals surface area contributed by atoms with Gasteiger partial charge in [-0.05, 0) is 51.7 Å². The number of aromatic nitrogens is 1. The molecule has 3 rings (SSSR count). The van der Waals surface area contributed by atoms with Crippen LogP contribution in [0.25, 0.3) is 10.2 Å². The van der Waals surface area contributed by atoms with Crippen molar-refractivity contribution in [3.63, 3.8) is 0 Å². The van der Waals surface area contributed by atoms with Gasteiger partial charge in [-0.1, -0.05) is 26.0 Å². The van der Waals surface area contributed by atoms with Crippen molar-refractivity contribution in [2.24, 2.45) is 17.6 Å². The van der Waals surface area contributed by atoms with Crippen LogP contribution in [0.5, 0.6) is 0 Å². The van der Waals surface area contributed by atoms with E-state index in [4.69, 9.17) is 15.5 Å². The van der Waals surface area contributed by atoms with E-state index in [9.17, 15) is 9.59 Å². The second-order valence-corrected chi connectivity index (χ2v) is 10.1. The summed E-state index contributed by atoms with van der Waals surface area (Å²) in [7, 11) is 0. The van der Waals surface area contributed by atoms with Crippen LogP contribution in [0.4, 0.5) is 0 Å². The van der Waals surface area contributed by atoms with E-state index in [0.29, 0.717) is 12.8 Å². The maximum atomic E-state index is 13.2. The standard InChI is InChI=1S/C21H29N3O3S/c1-12(2)10-21(19(26)27-20(3,4)5)11-13(17(22)25)16(24-21)18-23-14-8-6-7-9-15(14)28-18/h6-9,12-13,16,24H,10-11H2,1-5H3,(H2,22,25)/t13-,16+,21-/m0/s1. The Hall–Kier alpha value is -1.99. The van der Waals surface area contributed by atoms with E-state index >= 15 is 0 Å². The number of fused-ring (bicyclic) bond motifs is 1. The van der Waals surface area contributed by atoms with Gasteiger partial charge in [0.2, 0.25) is 5.91 Å². The van der Waals surface area contributed by atoms with Crippen molar-refractivity contribution in [3.05, 3.63) is 29.3 Å². The van der Waals surface area contributed by atoms with Crippen LogP contribution in [0.1, 0.15) is 58.5 Å². The van der Waals surface area contributed by atoms with Crippen LogP contribution >= 0.6 is 11.3 Å². The lowest BCUT2D eigenvalue weighted by molar-refractivity contribution is -0.163. The molecule has 3 N–H and O–H groups in total. The molecular formula is C21H29N3O3S. The van der Waals surface area contributed by atoms with Gasteiger partial charge in [0.1, 0.15) is 16.1 Å². The topological polar surface area (TPSA) is 94.3 Å². The minimum atomic E-state index is -0.955. The number of thiazole rings is 1. The van der Waals surface area contributed by atoms with E-state index in [0.717, 1.165) is 15.2 Å². The maximum Gasteiger partial charge on any atom is 0.326 e. The highest BCUT2D eigenvalue weighted by atomic mass is 32.1. The molecule has 0 radical (unpaired) electrons. The van der Waals surface area contributed by atoms with Crippen LogP contribution in [-0.4, -0.2) is 28.0 Å². The van der Waals surface area contributed by atoms with E-state index < -0.39 is 29.0 Å². The van der Waals surface area contributed by atoms with Gasteiger partial charge in [0.05, 0.1) is 22.2 Å². The normalized spacial score (nSPS) is 25.4. The number of para-hydroxylation sites is 1. The molecule has 0 aliphatic carbocycles.